The lowest BCUT2D eigenvalue weighted by Gasteiger charge is -2.34. The highest BCUT2D eigenvalue weighted by Crippen LogP contribution is 2.18. The van der Waals surface area contributed by atoms with Gasteiger partial charge >= 0.3 is 0 Å². The third kappa shape index (κ3) is 3.43. The van der Waals surface area contributed by atoms with Crippen molar-refractivity contribution < 1.29 is 5.11 Å². The molecule has 0 aromatic carbocycles. The Hall–Kier alpha value is -0.720. The standard InChI is InChI=1S/C13H24N4OS/c1-9-8-19-5-4-16(9)6-12(18)7-17-11(3)13(14)10(2)15-17/h9,12,18H,4-8,14H2,1-3H3. The third-order valence-corrected chi connectivity index (χ3v) is 4.96. The first-order chi connectivity index (χ1) is 8.99. The van der Waals surface area contributed by atoms with Crippen molar-refractivity contribution >= 4 is 17.4 Å². The van der Waals surface area contributed by atoms with Gasteiger partial charge in [-0.05, 0) is 20.8 Å². The van der Waals surface area contributed by atoms with Crippen molar-refractivity contribution in [3.05, 3.63) is 11.4 Å². The molecule has 0 radical (unpaired) electrons. The summed E-state index contributed by atoms with van der Waals surface area (Å²) >= 11 is 1.99. The van der Waals surface area contributed by atoms with E-state index >= 15 is 0 Å². The Kier molecular flexibility index (Phi) is 4.76. The summed E-state index contributed by atoms with van der Waals surface area (Å²) in [4.78, 5) is 2.36. The number of aliphatic hydroxyl groups excluding tert-OH is 1. The van der Waals surface area contributed by atoms with Gasteiger partial charge in [-0.25, -0.2) is 0 Å². The van der Waals surface area contributed by atoms with Crippen LogP contribution in [-0.4, -0.2) is 56.5 Å². The summed E-state index contributed by atoms with van der Waals surface area (Å²) in [5.41, 5.74) is 8.42. The average Bonchev–Trinajstić information content (AvgIpc) is 2.60. The van der Waals surface area contributed by atoms with Gasteiger partial charge in [0, 0.05) is 30.6 Å². The van der Waals surface area contributed by atoms with E-state index in [0.717, 1.165) is 35.1 Å². The summed E-state index contributed by atoms with van der Waals surface area (Å²) in [6.45, 7) is 8.35. The van der Waals surface area contributed by atoms with Crippen LogP contribution in [0.15, 0.2) is 0 Å². The van der Waals surface area contributed by atoms with E-state index in [2.05, 4.69) is 16.9 Å². The van der Waals surface area contributed by atoms with Crippen LogP contribution in [0.4, 0.5) is 5.69 Å². The normalized spacial score (nSPS) is 22.6. The van der Waals surface area contributed by atoms with Gasteiger partial charge in [0.2, 0.25) is 0 Å². The molecular weight excluding hydrogens is 260 g/mol. The van der Waals surface area contributed by atoms with Crippen molar-refractivity contribution in [1.82, 2.24) is 14.7 Å². The van der Waals surface area contributed by atoms with Crippen molar-refractivity contribution in [3.63, 3.8) is 0 Å². The topological polar surface area (TPSA) is 67.3 Å². The third-order valence-electron chi connectivity index (χ3n) is 3.77. The average molecular weight is 284 g/mol. The van der Waals surface area contributed by atoms with Crippen LogP contribution in [-0.2, 0) is 6.54 Å². The lowest BCUT2D eigenvalue weighted by atomic mass is 10.2. The van der Waals surface area contributed by atoms with Crippen LogP contribution in [0.25, 0.3) is 0 Å². The molecule has 1 aromatic rings. The number of nitrogens with zero attached hydrogens (tertiary/aromatic N) is 3. The quantitative estimate of drug-likeness (QED) is 0.859. The molecular formula is C13H24N4OS. The highest BCUT2D eigenvalue weighted by Gasteiger charge is 2.22. The van der Waals surface area contributed by atoms with Crippen LogP contribution >= 0.6 is 11.8 Å². The van der Waals surface area contributed by atoms with Crippen LogP contribution in [0.5, 0.6) is 0 Å². The molecule has 0 spiro atoms. The Morgan fingerprint density at radius 3 is 2.79 bits per heavy atom. The minimum atomic E-state index is -0.400. The number of rotatable bonds is 4. The molecule has 5 nitrogen and oxygen atoms in total. The Labute approximate surface area is 119 Å². The first kappa shape index (κ1) is 14.7. The number of aryl methyl sites for hydroxylation is 1. The van der Waals surface area contributed by atoms with Crippen molar-refractivity contribution in [3.8, 4) is 0 Å². The largest absolute Gasteiger partial charge is 0.396 e. The second-order valence-corrected chi connectivity index (χ2v) is 6.49. The van der Waals surface area contributed by atoms with Crippen LogP contribution in [0, 0.1) is 13.8 Å². The predicted molar refractivity (Wildman–Crippen MR) is 80.5 cm³/mol. The molecule has 2 rings (SSSR count). The van der Waals surface area contributed by atoms with Gasteiger partial charge < -0.3 is 10.8 Å². The first-order valence-electron chi connectivity index (χ1n) is 6.78. The van der Waals surface area contributed by atoms with Gasteiger partial charge in [-0.15, -0.1) is 0 Å². The van der Waals surface area contributed by atoms with E-state index in [0.29, 0.717) is 19.1 Å². The van der Waals surface area contributed by atoms with E-state index in [1.807, 2.05) is 30.3 Å². The van der Waals surface area contributed by atoms with Crippen molar-refractivity contribution in [2.75, 3.05) is 30.3 Å². The minimum Gasteiger partial charge on any atom is -0.396 e. The monoisotopic (exact) mass is 284 g/mol. The molecule has 0 amide bonds. The molecule has 6 heteroatoms. The molecule has 1 aliphatic heterocycles. The molecule has 0 saturated carbocycles. The zero-order valence-corrected chi connectivity index (χ0v) is 12.8. The molecule has 108 valence electrons. The SMILES string of the molecule is Cc1nn(CC(O)CN2CCSCC2C)c(C)c1N. The minimum absolute atomic E-state index is 0.400. The number of hydrogen-bond donors (Lipinski definition) is 2. The first-order valence-corrected chi connectivity index (χ1v) is 7.94. The zero-order chi connectivity index (χ0) is 14.0. The number of hydrogen-bond acceptors (Lipinski definition) is 5. The fourth-order valence-corrected chi connectivity index (χ4v) is 3.53. The van der Waals surface area contributed by atoms with Crippen LogP contribution in [0.3, 0.4) is 0 Å². The number of β-amino-alcohol motifs (C(OH)–C–C–N with tert-alkyl or cyclic N) is 1. The summed E-state index contributed by atoms with van der Waals surface area (Å²) in [5.74, 6) is 2.31. The molecule has 19 heavy (non-hydrogen) atoms. The van der Waals surface area contributed by atoms with Crippen LogP contribution < -0.4 is 5.73 Å². The van der Waals surface area contributed by atoms with Gasteiger partial charge in [0.1, 0.15) is 0 Å². The maximum atomic E-state index is 10.2. The second kappa shape index (κ2) is 6.15. The van der Waals surface area contributed by atoms with Gasteiger partial charge in [0.05, 0.1) is 29.7 Å². The lowest BCUT2D eigenvalue weighted by molar-refractivity contribution is 0.0826. The molecule has 2 atom stereocenters. The molecule has 2 heterocycles. The molecule has 2 unspecified atom stereocenters. The van der Waals surface area contributed by atoms with Gasteiger partial charge in [-0.3, -0.25) is 9.58 Å². The van der Waals surface area contributed by atoms with E-state index in [9.17, 15) is 5.11 Å². The molecule has 1 fully saturated rings. The van der Waals surface area contributed by atoms with E-state index in [1.54, 1.807) is 0 Å². The van der Waals surface area contributed by atoms with Crippen molar-refractivity contribution in [1.29, 1.82) is 0 Å². The molecule has 0 aliphatic carbocycles. The molecule has 1 saturated heterocycles. The highest BCUT2D eigenvalue weighted by molar-refractivity contribution is 7.99. The number of anilines is 1. The highest BCUT2D eigenvalue weighted by atomic mass is 32.2. The predicted octanol–water partition coefficient (Wildman–Crippen LogP) is 0.880. The smallest absolute Gasteiger partial charge is 0.0862 e. The summed E-state index contributed by atoms with van der Waals surface area (Å²) < 4.78 is 1.82. The fourth-order valence-electron chi connectivity index (χ4n) is 2.45. The second-order valence-electron chi connectivity index (χ2n) is 5.34. The Morgan fingerprint density at radius 2 is 2.21 bits per heavy atom. The lowest BCUT2D eigenvalue weighted by Crippen LogP contribution is -2.45. The maximum absolute atomic E-state index is 10.2. The van der Waals surface area contributed by atoms with Crippen LogP contribution in [0.1, 0.15) is 18.3 Å². The Morgan fingerprint density at radius 1 is 1.47 bits per heavy atom. The van der Waals surface area contributed by atoms with Gasteiger partial charge in [0.25, 0.3) is 0 Å². The number of nitrogens with two attached hydrogens (primary N) is 1. The van der Waals surface area contributed by atoms with Gasteiger partial charge in [-0.2, -0.15) is 16.9 Å². The number of aliphatic hydroxyl groups is 1. The summed E-state index contributed by atoms with van der Waals surface area (Å²) in [7, 11) is 0. The van der Waals surface area contributed by atoms with Gasteiger partial charge in [-0.1, -0.05) is 0 Å². The molecule has 1 aliphatic rings. The van der Waals surface area contributed by atoms with Crippen molar-refractivity contribution in [2.24, 2.45) is 0 Å². The van der Waals surface area contributed by atoms with E-state index in [-0.39, 0.29) is 0 Å². The van der Waals surface area contributed by atoms with E-state index in [1.165, 1.54) is 0 Å². The number of nitrogen functional groups attached to an aromatic ring is 1. The Bertz CT molecular complexity index is 435. The molecule has 3 N–H and O–H groups in total. The maximum Gasteiger partial charge on any atom is 0.0862 e. The summed E-state index contributed by atoms with van der Waals surface area (Å²) in [6.07, 6.45) is -0.400. The van der Waals surface area contributed by atoms with Crippen molar-refractivity contribution in [2.45, 2.75) is 39.5 Å². The summed E-state index contributed by atoms with van der Waals surface area (Å²) in [6, 6.07) is 0.541. The zero-order valence-electron chi connectivity index (χ0n) is 12.0. The van der Waals surface area contributed by atoms with Crippen LogP contribution in [0.2, 0.25) is 0 Å². The number of thioether (sulfide) groups is 1. The Balaban J connectivity index is 1.93. The molecule has 0 bridgehead atoms. The summed E-state index contributed by atoms with van der Waals surface area (Å²) in [5, 5.41) is 14.6. The van der Waals surface area contributed by atoms with E-state index in [4.69, 9.17) is 5.73 Å². The number of aromatic nitrogens is 2. The molecule has 1 aromatic heterocycles. The fraction of sp³-hybridized carbons (Fsp3) is 0.769. The van der Waals surface area contributed by atoms with Gasteiger partial charge in [0.15, 0.2) is 0 Å². The van der Waals surface area contributed by atoms with E-state index < -0.39 is 6.10 Å².